The molecular formula is C16H24FNO2. The molecule has 3 nitrogen and oxygen atoms in total. The number of anilines is 1. The van der Waals surface area contributed by atoms with Gasteiger partial charge in [-0.15, -0.1) is 0 Å². The van der Waals surface area contributed by atoms with Crippen molar-refractivity contribution in [1.82, 2.24) is 0 Å². The van der Waals surface area contributed by atoms with Crippen molar-refractivity contribution in [2.75, 3.05) is 25.1 Å². The van der Waals surface area contributed by atoms with Crippen molar-refractivity contribution in [3.8, 4) is 0 Å². The zero-order chi connectivity index (χ0) is 14.7. The lowest BCUT2D eigenvalue weighted by Gasteiger charge is -2.30. The summed E-state index contributed by atoms with van der Waals surface area (Å²) in [5, 5.41) is 9.85. The Morgan fingerprint density at radius 2 is 2.20 bits per heavy atom. The Morgan fingerprint density at radius 1 is 1.45 bits per heavy atom. The van der Waals surface area contributed by atoms with E-state index in [-0.39, 0.29) is 11.9 Å². The van der Waals surface area contributed by atoms with Gasteiger partial charge in [-0.05, 0) is 50.8 Å². The van der Waals surface area contributed by atoms with E-state index in [1.165, 1.54) is 12.5 Å². The van der Waals surface area contributed by atoms with Gasteiger partial charge in [0.15, 0.2) is 0 Å². The van der Waals surface area contributed by atoms with Crippen LogP contribution in [0.4, 0.5) is 10.1 Å². The number of likely N-dealkylation sites (N-methyl/N-ethyl adjacent to an activating group) is 1. The number of benzene rings is 1. The molecule has 4 heteroatoms. The fraction of sp³-hybridized carbons (Fsp3) is 0.625. The topological polar surface area (TPSA) is 32.7 Å². The summed E-state index contributed by atoms with van der Waals surface area (Å²) in [6.45, 7) is 5.00. The van der Waals surface area contributed by atoms with E-state index in [0.717, 1.165) is 31.7 Å². The molecule has 0 aliphatic carbocycles. The average Bonchev–Trinajstić information content (AvgIpc) is 2.42. The lowest BCUT2D eigenvalue weighted by molar-refractivity contribution is 0.0215. The monoisotopic (exact) mass is 281 g/mol. The Labute approximate surface area is 120 Å². The summed E-state index contributed by atoms with van der Waals surface area (Å²) in [4.78, 5) is 2.06. The van der Waals surface area contributed by atoms with Gasteiger partial charge in [-0.25, -0.2) is 4.39 Å². The Bertz CT molecular complexity index is 456. The standard InChI is InChI=1S/C16H24FNO2/c1-11-8-16(14(12(2)19)9-15(11)17)18(3)10-13-6-4-5-7-20-13/h8-9,12-13,19H,4-7,10H2,1-3H3. The van der Waals surface area contributed by atoms with Crippen LogP contribution in [0.1, 0.15) is 43.4 Å². The van der Waals surface area contributed by atoms with Crippen LogP contribution in [-0.4, -0.2) is 31.4 Å². The van der Waals surface area contributed by atoms with E-state index in [1.54, 1.807) is 19.9 Å². The summed E-state index contributed by atoms with van der Waals surface area (Å²) in [7, 11) is 1.97. The third kappa shape index (κ3) is 3.49. The summed E-state index contributed by atoms with van der Waals surface area (Å²) < 4.78 is 19.4. The molecule has 2 rings (SSSR count). The highest BCUT2D eigenvalue weighted by Gasteiger charge is 2.20. The maximum atomic E-state index is 13.7. The van der Waals surface area contributed by atoms with Crippen LogP contribution in [0.5, 0.6) is 0 Å². The first kappa shape index (κ1) is 15.3. The second-order valence-corrected chi connectivity index (χ2v) is 5.71. The number of hydrogen-bond donors (Lipinski definition) is 1. The summed E-state index contributed by atoms with van der Waals surface area (Å²) >= 11 is 0. The quantitative estimate of drug-likeness (QED) is 0.920. The predicted molar refractivity (Wildman–Crippen MR) is 78.6 cm³/mol. The summed E-state index contributed by atoms with van der Waals surface area (Å²) in [6.07, 6.45) is 2.93. The Kier molecular flexibility index (Phi) is 5.00. The molecular weight excluding hydrogens is 257 g/mol. The number of aliphatic hydroxyl groups excluding tert-OH is 1. The Morgan fingerprint density at radius 3 is 2.80 bits per heavy atom. The maximum absolute atomic E-state index is 13.7. The summed E-state index contributed by atoms with van der Waals surface area (Å²) in [6, 6.07) is 3.24. The molecule has 1 aliphatic rings. The average molecular weight is 281 g/mol. The highest BCUT2D eigenvalue weighted by molar-refractivity contribution is 5.56. The van der Waals surface area contributed by atoms with Gasteiger partial charge >= 0.3 is 0 Å². The molecule has 1 saturated heterocycles. The van der Waals surface area contributed by atoms with Crippen LogP contribution < -0.4 is 4.90 Å². The molecule has 2 atom stereocenters. The highest BCUT2D eigenvalue weighted by atomic mass is 19.1. The molecule has 112 valence electrons. The SMILES string of the molecule is Cc1cc(N(C)CC2CCCCO2)c(C(C)O)cc1F. The van der Waals surface area contributed by atoms with E-state index in [4.69, 9.17) is 4.74 Å². The predicted octanol–water partition coefficient (Wildman–Crippen LogP) is 3.19. The number of nitrogens with zero attached hydrogens (tertiary/aromatic N) is 1. The van der Waals surface area contributed by atoms with Crippen molar-refractivity contribution in [3.63, 3.8) is 0 Å². The van der Waals surface area contributed by atoms with Crippen LogP contribution >= 0.6 is 0 Å². The van der Waals surface area contributed by atoms with Gasteiger partial charge in [-0.2, -0.15) is 0 Å². The molecule has 0 saturated carbocycles. The number of hydrogen-bond acceptors (Lipinski definition) is 3. The molecule has 20 heavy (non-hydrogen) atoms. The second kappa shape index (κ2) is 6.55. The molecule has 1 heterocycles. The van der Waals surface area contributed by atoms with E-state index >= 15 is 0 Å². The van der Waals surface area contributed by atoms with Crippen LogP contribution in [-0.2, 0) is 4.74 Å². The minimum absolute atomic E-state index is 0.223. The van der Waals surface area contributed by atoms with Crippen molar-refractivity contribution >= 4 is 5.69 Å². The number of ether oxygens (including phenoxy) is 1. The fourth-order valence-corrected chi connectivity index (χ4v) is 2.70. The molecule has 1 aromatic rings. The minimum atomic E-state index is -0.685. The van der Waals surface area contributed by atoms with Crippen molar-refractivity contribution in [2.24, 2.45) is 0 Å². The molecule has 1 N–H and O–H groups in total. The number of rotatable bonds is 4. The third-order valence-electron chi connectivity index (χ3n) is 3.92. The first-order valence-corrected chi connectivity index (χ1v) is 7.30. The molecule has 0 spiro atoms. The molecule has 0 bridgehead atoms. The molecule has 0 amide bonds. The Balaban J connectivity index is 2.19. The van der Waals surface area contributed by atoms with Crippen LogP contribution in [0.2, 0.25) is 0 Å². The molecule has 2 unspecified atom stereocenters. The van der Waals surface area contributed by atoms with Crippen LogP contribution in [0.3, 0.4) is 0 Å². The Hall–Kier alpha value is -1.13. The minimum Gasteiger partial charge on any atom is -0.389 e. The largest absolute Gasteiger partial charge is 0.389 e. The fourth-order valence-electron chi connectivity index (χ4n) is 2.70. The van der Waals surface area contributed by atoms with E-state index in [0.29, 0.717) is 11.1 Å². The van der Waals surface area contributed by atoms with Gasteiger partial charge in [0.2, 0.25) is 0 Å². The van der Waals surface area contributed by atoms with Gasteiger partial charge in [0.05, 0.1) is 12.2 Å². The lowest BCUT2D eigenvalue weighted by Crippen LogP contribution is -2.34. The van der Waals surface area contributed by atoms with Gasteiger partial charge in [-0.1, -0.05) is 0 Å². The zero-order valence-electron chi connectivity index (χ0n) is 12.5. The number of aryl methyl sites for hydroxylation is 1. The normalized spacial score (nSPS) is 20.8. The van der Waals surface area contributed by atoms with Gasteiger partial charge in [0.1, 0.15) is 5.82 Å². The van der Waals surface area contributed by atoms with Crippen molar-refractivity contribution < 1.29 is 14.2 Å². The van der Waals surface area contributed by atoms with Crippen molar-refractivity contribution in [1.29, 1.82) is 0 Å². The molecule has 1 aliphatic heterocycles. The van der Waals surface area contributed by atoms with Crippen LogP contribution in [0.25, 0.3) is 0 Å². The highest BCUT2D eigenvalue weighted by Crippen LogP contribution is 2.29. The van der Waals surface area contributed by atoms with Gasteiger partial charge < -0.3 is 14.7 Å². The van der Waals surface area contributed by atoms with E-state index in [9.17, 15) is 9.50 Å². The van der Waals surface area contributed by atoms with Crippen LogP contribution in [0.15, 0.2) is 12.1 Å². The van der Waals surface area contributed by atoms with Gasteiger partial charge in [0, 0.05) is 31.5 Å². The smallest absolute Gasteiger partial charge is 0.126 e. The van der Waals surface area contributed by atoms with Gasteiger partial charge in [-0.3, -0.25) is 0 Å². The van der Waals surface area contributed by atoms with E-state index in [2.05, 4.69) is 4.90 Å². The molecule has 0 radical (unpaired) electrons. The van der Waals surface area contributed by atoms with Crippen molar-refractivity contribution in [2.45, 2.75) is 45.3 Å². The first-order valence-electron chi connectivity index (χ1n) is 7.30. The maximum Gasteiger partial charge on any atom is 0.126 e. The zero-order valence-corrected chi connectivity index (χ0v) is 12.5. The summed E-state index contributed by atoms with van der Waals surface area (Å²) in [5.74, 6) is -0.271. The van der Waals surface area contributed by atoms with E-state index in [1.807, 2.05) is 7.05 Å². The van der Waals surface area contributed by atoms with Crippen LogP contribution in [0, 0.1) is 12.7 Å². The first-order chi connectivity index (χ1) is 9.49. The summed E-state index contributed by atoms with van der Waals surface area (Å²) in [5.41, 5.74) is 2.11. The second-order valence-electron chi connectivity index (χ2n) is 5.71. The van der Waals surface area contributed by atoms with Gasteiger partial charge in [0.25, 0.3) is 0 Å². The molecule has 1 aromatic carbocycles. The number of aliphatic hydroxyl groups is 1. The lowest BCUT2D eigenvalue weighted by atomic mass is 10.0. The van der Waals surface area contributed by atoms with Crippen molar-refractivity contribution in [3.05, 3.63) is 29.1 Å². The molecule has 0 aromatic heterocycles. The third-order valence-corrected chi connectivity index (χ3v) is 3.92. The van der Waals surface area contributed by atoms with E-state index < -0.39 is 6.10 Å². The molecule has 1 fully saturated rings. The number of halogens is 1.